The van der Waals surface area contributed by atoms with Gasteiger partial charge in [0.1, 0.15) is 11.3 Å². The molecule has 0 unspecified atom stereocenters. The number of aromatic nitrogens is 4. The van der Waals surface area contributed by atoms with Crippen LogP contribution in [0.1, 0.15) is 32.8 Å². The third-order valence-corrected chi connectivity index (χ3v) is 6.12. The maximum Gasteiger partial charge on any atom is 0.254 e. The Morgan fingerprint density at radius 3 is 2.86 bits per heavy atom. The summed E-state index contributed by atoms with van der Waals surface area (Å²) >= 11 is 1.60. The quantitative estimate of drug-likeness (QED) is 0.655. The zero-order valence-corrected chi connectivity index (χ0v) is 16.6. The summed E-state index contributed by atoms with van der Waals surface area (Å²) in [5, 5.41) is 15.2. The fourth-order valence-electron chi connectivity index (χ4n) is 3.48. The molecule has 0 atom stereocenters. The van der Waals surface area contributed by atoms with Gasteiger partial charge in [-0.2, -0.15) is 4.68 Å². The lowest BCUT2D eigenvalue weighted by Gasteiger charge is -2.11. The number of carbonyl (C=O) groups is 1. The molecule has 1 aliphatic carbocycles. The van der Waals surface area contributed by atoms with Crippen molar-refractivity contribution in [1.82, 2.24) is 25.5 Å². The number of amides is 1. The van der Waals surface area contributed by atoms with Gasteiger partial charge in [0.05, 0.1) is 19.8 Å². The first-order valence-electron chi connectivity index (χ1n) is 9.08. The number of benzene rings is 1. The molecule has 1 N–H and O–H groups in total. The van der Waals surface area contributed by atoms with Crippen molar-refractivity contribution in [1.29, 1.82) is 0 Å². The molecule has 0 saturated heterocycles. The highest BCUT2D eigenvalue weighted by Crippen LogP contribution is 2.37. The van der Waals surface area contributed by atoms with Crippen molar-refractivity contribution in [2.75, 3.05) is 20.8 Å². The summed E-state index contributed by atoms with van der Waals surface area (Å²) < 4.78 is 12.2. The van der Waals surface area contributed by atoms with E-state index in [1.807, 2.05) is 18.2 Å². The average Bonchev–Trinajstić information content (AvgIpc) is 3.44. The second-order valence-corrected chi connectivity index (χ2v) is 7.57. The predicted octanol–water partition coefficient (Wildman–Crippen LogP) is 2.20. The number of aryl methyl sites for hydroxylation is 1. The summed E-state index contributed by atoms with van der Waals surface area (Å²) in [6.45, 7) is 0.522. The Balaban J connectivity index is 1.48. The van der Waals surface area contributed by atoms with Gasteiger partial charge in [-0.3, -0.25) is 4.79 Å². The number of hydrogen-bond donors (Lipinski definition) is 1. The van der Waals surface area contributed by atoms with Gasteiger partial charge in [0.25, 0.3) is 5.91 Å². The van der Waals surface area contributed by atoms with E-state index in [1.165, 1.54) is 11.2 Å². The zero-order chi connectivity index (χ0) is 19.5. The van der Waals surface area contributed by atoms with E-state index >= 15 is 0 Å². The monoisotopic (exact) mass is 399 g/mol. The molecule has 0 spiro atoms. The van der Waals surface area contributed by atoms with E-state index in [2.05, 4.69) is 20.8 Å². The van der Waals surface area contributed by atoms with E-state index in [1.54, 1.807) is 30.2 Å². The minimum absolute atomic E-state index is 0.0784. The second kappa shape index (κ2) is 7.97. The molecule has 1 aromatic carbocycles. The average molecular weight is 399 g/mol. The van der Waals surface area contributed by atoms with Crippen LogP contribution in [-0.2, 0) is 19.3 Å². The molecule has 0 radical (unpaired) electrons. The van der Waals surface area contributed by atoms with Gasteiger partial charge in [-0.25, -0.2) is 0 Å². The van der Waals surface area contributed by atoms with Crippen molar-refractivity contribution in [2.45, 2.75) is 25.7 Å². The SMILES string of the molecule is COc1ccc(CCNC(=O)c2c(-n3cnnn3)sc3c2CCC3)cc1OC. The van der Waals surface area contributed by atoms with Gasteiger partial charge >= 0.3 is 0 Å². The van der Waals surface area contributed by atoms with E-state index in [4.69, 9.17) is 9.47 Å². The number of nitrogens with zero attached hydrogens (tertiary/aromatic N) is 4. The number of fused-ring (bicyclic) bond motifs is 1. The first-order chi connectivity index (χ1) is 13.7. The lowest BCUT2D eigenvalue weighted by Crippen LogP contribution is -2.27. The van der Waals surface area contributed by atoms with Gasteiger partial charge in [-0.1, -0.05) is 6.07 Å². The summed E-state index contributed by atoms with van der Waals surface area (Å²) in [5.41, 5.74) is 2.91. The third-order valence-electron chi connectivity index (χ3n) is 4.83. The minimum Gasteiger partial charge on any atom is -0.493 e. The van der Waals surface area contributed by atoms with Crippen molar-refractivity contribution in [3.63, 3.8) is 0 Å². The molecule has 9 heteroatoms. The molecular formula is C19H21N5O3S. The molecule has 1 aliphatic rings. The number of ether oxygens (including phenoxy) is 2. The summed E-state index contributed by atoms with van der Waals surface area (Å²) in [6.07, 6.45) is 5.24. The molecule has 8 nitrogen and oxygen atoms in total. The molecule has 0 aliphatic heterocycles. The second-order valence-electron chi connectivity index (χ2n) is 6.49. The molecular weight excluding hydrogens is 378 g/mol. The van der Waals surface area contributed by atoms with E-state index in [-0.39, 0.29) is 5.91 Å². The van der Waals surface area contributed by atoms with E-state index in [9.17, 15) is 4.79 Å². The van der Waals surface area contributed by atoms with Crippen LogP contribution >= 0.6 is 11.3 Å². The van der Waals surface area contributed by atoms with Crippen molar-refractivity contribution in [2.24, 2.45) is 0 Å². The number of carbonyl (C=O) groups excluding carboxylic acids is 1. The molecule has 146 valence electrons. The van der Waals surface area contributed by atoms with Gasteiger partial charge in [0, 0.05) is 11.4 Å². The summed E-state index contributed by atoms with van der Waals surface area (Å²) in [5.74, 6) is 1.29. The maximum absolute atomic E-state index is 13.0. The van der Waals surface area contributed by atoms with E-state index < -0.39 is 0 Å². The highest BCUT2D eigenvalue weighted by molar-refractivity contribution is 7.15. The number of hydrogen-bond acceptors (Lipinski definition) is 7. The Morgan fingerprint density at radius 1 is 1.25 bits per heavy atom. The van der Waals surface area contributed by atoms with Gasteiger partial charge in [-0.05, 0) is 59.4 Å². The molecule has 3 aromatic rings. The van der Waals surface area contributed by atoms with Gasteiger partial charge in [0.2, 0.25) is 0 Å². The number of nitrogens with one attached hydrogen (secondary N) is 1. The fourth-order valence-corrected chi connectivity index (χ4v) is 4.79. The highest BCUT2D eigenvalue weighted by atomic mass is 32.1. The first-order valence-corrected chi connectivity index (χ1v) is 9.90. The number of thiophene rings is 1. The van der Waals surface area contributed by atoms with Gasteiger partial charge in [-0.15, -0.1) is 16.4 Å². The van der Waals surface area contributed by atoms with E-state index in [0.717, 1.165) is 35.4 Å². The van der Waals surface area contributed by atoms with Crippen LogP contribution in [0.15, 0.2) is 24.5 Å². The maximum atomic E-state index is 13.0. The molecule has 2 aromatic heterocycles. The topological polar surface area (TPSA) is 91.2 Å². The smallest absolute Gasteiger partial charge is 0.254 e. The largest absolute Gasteiger partial charge is 0.493 e. The predicted molar refractivity (Wildman–Crippen MR) is 105 cm³/mol. The Kier molecular flexibility index (Phi) is 5.25. The summed E-state index contributed by atoms with van der Waals surface area (Å²) in [6, 6.07) is 5.78. The Hall–Kier alpha value is -2.94. The Labute approximate surface area is 166 Å². The number of rotatable bonds is 7. The summed E-state index contributed by atoms with van der Waals surface area (Å²) in [4.78, 5) is 14.2. The van der Waals surface area contributed by atoms with Crippen LogP contribution in [0.2, 0.25) is 0 Å². The summed E-state index contributed by atoms with van der Waals surface area (Å²) in [7, 11) is 3.22. The standard InChI is InChI=1S/C19H21N5O3S/c1-26-14-7-6-12(10-15(14)27-2)8-9-20-18(25)17-13-4-3-5-16(13)28-19(17)24-11-21-22-23-24/h6-7,10-11H,3-5,8-9H2,1-2H3,(H,20,25). The van der Waals surface area contributed by atoms with Crippen LogP contribution in [0.5, 0.6) is 11.5 Å². The van der Waals surface area contributed by atoms with Crippen LogP contribution in [0.25, 0.3) is 5.00 Å². The van der Waals surface area contributed by atoms with Crippen molar-refractivity contribution in [3.05, 3.63) is 46.1 Å². The van der Waals surface area contributed by atoms with Gasteiger partial charge in [0.15, 0.2) is 11.5 Å². The molecule has 28 heavy (non-hydrogen) atoms. The molecule has 0 bridgehead atoms. The fraction of sp³-hybridized carbons (Fsp3) is 0.368. The zero-order valence-electron chi connectivity index (χ0n) is 15.8. The van der Waals surface area contributed by atoms with Crippen LogP contribution in [0, 0.1) is 0 Å². The highest BCUT2D eigenvalue weighted by Gasteiger charge is 2.27. The van der Waals surface area contributed by atoms with Crippen LogP contribution in [0.3, 0.4) is 0 Å². The third kappa shape index (κ3) is 3.45. The lowest BCUT2D eigenvalue weighted by atomic mass is 10.1. The number of methoxy groups -OCH3 is 2. The van der Waals surface area contributed by atoms with E-state index in [0.29, 0.717) is 30.0 Å². The van der Waals surface area contributed by atoms with Crippen molar-refractivity contribution in [3.8, 4) is 16.5 Å². The van der Waals surface area contributed by atoms with Crippen LogP contribution in [0.4, 0.5) is 0 Å². The van der Waals surface area contributed by atoms with Crippen molar-refractivity contribution < 1.29 is 14.3 Å². The Morgan fingerprint density at radius 2 is 2.11 bits per heavy atom. The van der Waals surface area contributed by atoms with Crippen LogP contribution in [-0.4, -0.2) is 46.9 Å². The van der Waals surface area contributed by atoms with Crippen molar-refractivity contribution >= 4 is 17.2 Å². The molecule has 4 rings (SSSR count). The first kappa shape index (κ1) is 18.4. The number of tetrazole rings is 1. The minimum atomic E-state index is -0.0784. The normalized spacial score (nSPS) is 12.6. The molecule has 1 amide bonds. The van der Waals surface area contributed by atoms with Crippen LogP contribution < -0.4 is 14.8 Å². The Bertz CT molecular complexity index is 984. The molecule has 2 heterocycles. The van der Waals surface area contributed by atoms with Gasteiger partial charge < -0.3 is 14.8 Å². The molecule has 0 saturated carbocycles. The lowest BCUT2D eigenvalue weighted by molar-refractivity contribution is 0.0953. The molecule has 0 fully saturated rings.